The first-order chi connectivity index (χ1) is 12.7. The number of guanidine groups is 1. The maximum Gasteiger partial charge on any atom is 0.190 e. The lowest BCUT2D eigenvalue weighted by Gasteiger charge is -2.34. The third kappa shape index (κ3) is 8.69. The van der Waals surface area contributed by atoms with Crippen LogP contribution in [0.4, 0.5) is 0 Å². The van der Waals surface area contributed by atoms with Crippen LogP contribution >= 0.6 is 0 Å². The third-order valence-electron chi connectivity index (χ3n) is 5.53. The Hall–Kier alpha value is -0.850. The minimum Gasteiger partial charge on any atom is -0.378 e. The van der Waals surface area contributed by atoms with Crippen molar-refractivity contribution in [2.75, 3.05) is 66.5 Å². The Labute approximate surface area is 160 Å². The molecule has 1 unspecified atom stereocenters. The van der Waals surface area contributed by atoms with E-state index in [2.05, 4.69) is 39.4 Å². The SMILES string of the molecule is CN=C(NCCCOC1CCCCC1)NCC(C)CN1CCN(C)CC1. The van der Waals surface area contributed by atoms with Gasteiger partial charge in [0, 0.05) is 59.5 Å². The van der Waals surface area contributed by atoms with Gasteiger partial charge in [0.05, 0.1) is 6.10 Å². The van der Waals surface area contributed by atoms with Gasteiger partial charge in [-0.15, -0.1) is 0 Å². The molecule has 1 atom stereocenters. The minimum absolute atomic E-state index is 0.511. The average Bonchev–Trinajstić information content (AvgIpc) is 2.66. The topological polar surface area (TPSA) is 52.1 Å². The number of likely N-dealkylation sites (N-methyl/N-ethyl adjacent to an activating group) is 1. The van der Waals surface area contributed by atoms with E-state index in [1.54, 1.807) is 0 Å². The Kier molecular flexibility index (Phi) is 10.3. The van der Waals surface area contributed by atoms with Crippen LogP contribution in [-0.2, 0) is 4.74 Å². The van der Waals surface area contributed by atoms with Crippen LogP contribution in [0.25, 0.3) is 0 Å². The fraction of sp³-hybridized carbons (Fsp3) is 0.950. The van der Waals surface area contributed by atoms with Gasteiger partial charge in [0.25, 0.3) is 0 Å². The monoisotopic (exact) mass is 367 g/mol. The highest BCUT2D eigenvalue weighted by atomic mass is 16.5. The maximum absolute atomic E-state index is 5.98. The van der Waals surface area contributed by atoms with Gasteiger partial charge in [-0.2, -0.15) is 0 Å². The van der Waals surface area contributed by atoms with E-state index >= 15 is 0 Å². The Morgan fingerprint density at radius 1 is 1.12 bits per heavy atom. The first-order valence-corrected chi connectivity index (χ1v) is 10.6. The molecule has 0 spiro atoms. The number of nitrogens with zero attached hydrogens (tertiary/aromatic N) is 3. The van der Waals surface area contributed by atoms with Crippen LogP contribution in [0.5, 0.6) is 0 Å². The number of hydrogen-bond acceptors (Lipinski definition) is 4. The molecule has 1 aliphatic carbocycles. The highest BCUT2D eigenvalue weighted by Crippen LogP contribution is 2.20. The quantitative estimate of drug-likeness (QED) is 0.370. The summed E-state index contributed by atoms with van der Waals surface area (Å²) in [5.74, 6) is 1.53. The van der Waals surface area contributed by atoms with Crippen LogP contribution in [0.15, 0.2) is 4.99 Å². The van der Waals surface area contributed by atoms with Crippen LogP contribution < -0.4 is 10.6 Å². The van der Waals surface area contributed by atoms with Crippen molar-refractivity contribution in [1.29, 1.82) is 0 Å². The van der Waals surface area contributed by atoms with E-state index in [0.29, 0.717) is 12.0 Å². The summed E-state index contributed by atoms with van der Waals surface area (Å²) in [4.78, 5) is 9.32. The lowest BCUT2D eigenvalue weighted by molar-refractivity contribution is 0.0277. The van der Waals surface area contributed by atoms with Crippen molar-refractivity contribution in [3.8, 4) is 0 Å². The Morgan fingerprint density at radius 2 is 1.85 bits per heavy atom. The second kappa shape index (κ2) is 12.5. The molecule has 1 heterocycles. The zero-order valence-corrected chi connectivity index (χ0v) is 17.3. The van der Waals surface area contributed by atoms with E-state index in [4.69, 9.17) is 4.74 Å². The zero-order chi connectivity index (χ0) is 18.6. The molecule has 6 heteroatoms. The molecular formula is C20H41N5O. The number of piperazine rings is 1. The van der Waals surface area contributed by atoms with Crippen LogP contribution in [0.3, 0.4) is 0 Å². The van der Waals surface area contributed by atoms with Gasteiger partial charge in [-0.1, -0.05) is 26.2 Å². The zero-order valence-electron chi connectivity index (χ0n) is 17.3. The summed E-state index contributed by atoms with van der Waals surface area (Å²) in [5, 5.41) is 6.88. The van der Waals surface area contributed by atoms with Crippen molar-refractivity contribution in [2.45, 2.75) is 51.6 Å². The number of nitrogens with one attached hydrogen (secondary N) is 2. The summed E-state index contributed by atoms with van der Waals surface area (Å²) < 4.78 is 5.98. The molecule has 0 aromatic rings. The lowest BCUT2D eigenvalue weighted by atomic mass is 9.98. The second-order valence-electron chi connectivity index (χ2n) is 8.07. The van der Waals surface area contributed by atoms with Crippen molar-refractivity contribution in [3.05, 3.63) is 0 Å². The maximum atomic E-state index is 5.98. The number of ether oxygens (including phenoxy) is 1. The Bertz CT molecular complexity index is 390. The van der Waals surface area contributed by atoms with Gasteiger partial charge >= 0.3 is 0 Å². The van der Waals surface area contributed by atoms with E-state index in [1.807, 2.05) is 7.05 Å². The van der Waals surface area contributed by atoms with E-state index in [-0.39, 0.29) is 0 Å². The van der Waals surface area contributed by atoms with Crippen molar-refractivity contribution >= 4 is 5.96 Å². The predicted octanol–water partition coefficient (Wildman–Crippen LogP) is 1.77. The molecule has 26 heavy (non-hydrogen) atoms. The molecule has 2 rings (SSSR count). The summed E-state index contributed by atoms with van der Waals surface area (Å²) in [6.45, 7) is 11.0. The average molecular weight is 368 g/mol. The lowest BCUT2D eigenvalue weighted by Crippen LogP contribution is -2.47. The Balaban J connectivity index is 1.50. The first-order valence-electron chi connectivity index (χ1n) is 10.6. The van der Waals surface area contributed by atoms with Crippen molar-refractivity contribution in [1.82, 2.24) is 20.4 Å². The van der Waals surface area contributed by atoms with Crippen LogP contribution in [0, 0.1) is 5.92 Å². The van der Waals surface area contributed by atoms with Gasteiger partial charge in [-0.25, -0.2) is 0 Å². The number of aliphatic imine (C=N–C) groups is 1. The standard InChI is InChI=1S/C20H41N5O/c1-18(17-25-13-11-24(3)12-14-25)16-23-20(21-2)22-10-7-15-26-19-8-5-4-6-9-19/h18-19H,4-17H2,1-3H3,(H2,21,22,23). The molecule has 0 amide bonds. The second-order valence-corrected chi connectivity index (χ2v) is 8.07. The van der Waals surface area contributed by atoms with Gasteiger partial charge in [-0.05, 0) is 32.2 Å². The smallest absolute Gasteiger partial charge is 0.190 e. The van der Waals surface area contributed by atoms with Crippen molar-refractivity contribution in [2.24, 2.45) is 10.9 Å². The van der Waals surface area contributed by atoms with Crippen molar-refractivity contribution in [3.63, 3.8) is 0 Å². The molecule has 1 aliphatic heterocycles. The van der Waals surface area contributed by atoms with Gasteiger partial charge in [0.1, 0.15) is 0 Å². The van der Waals surface area contributed by atoms with E-state index in [1.165, 1.54) is 58.3 Å². The minimum atomic E-state index is 0.511. The molecule has 6 nitrogen and oxygen atoms in total. The summed E-state index contributed by atoms with van der Waals surface area (Å²) in [6.07, 6.45) is 8.11. The summed E-state index contributed by atoms with van der Waals surface area (Å²) >= 11 is 0. The number of rotatable bonds is 9. The van der Waals surface area contributed by atoms with Gasteiger partial charge in [-0.3, -0.25) is 4.99 Å². The normalized spacial score (nSPS) is 22.3. The molecule has 1 saturated heterocycles. The molecule has 152 valence electrons. The molecule has 2 aliphatic rings. The third-order valence-corrected chi connectivity index (χ3v) is 5.53. The van der Waals surface area contributed by atoms with E-state index < -0.39 is 0 Å². The Morgan fingerprint density at radius 3 is 2.54 bits per heavy atom. The van der Waals surface area contributed by atoms with Gasteiger partial charge in [0.15, 0.2) is 5.96 Å². The molecule has 0 bridgehead atoms. The van der Waals surface area contributed by atoms with Crippen molar-refractivity contribution < 1.29 is 4.74 Å². The van der Waals surface area contributed by atoms with Crippen LogP contribution in [-0.4, -0.2) is 88.4 Å². The molecular weight excluding hydrogens is 326 g/mol. The molecule has 0 radical (unpaired) electrons. The van der Waals surface area contributed by atoms with E-state index in [0.717, 1.165) is 38.6 Å². The van der Waals surface area contributed by atoms with Crippen LogP contribution in [0.2, 0.25) is 0 Å². The summed E-state index contributed by atoms with van der Waals surface area (Å²) in [7, 11) is 4.05. The number of hydrogen-bond donors (Lipinski definition) is 2. The molecule has 2 fully saturated rings. The highest BCUT2D eigenvalue weighted by Gasteiger charge is 2.16. The largest absolute Gasteiger partial charge is 0.378 e. The first kappa shape index (κ1) is 21.5. The molecule has 1 saturated carbocycles. The fourth-order valence-electron chi connectivity index (χ4n) is 3.79. The molecule has 2 N–H and O–H groups in total. The summed E-state index contributed by atoms with van der Waals surface area (Å²) in [6, 6.07) is 0. The molecule has 0 aromatic carbocycles. The van der Waals surface area contributed by atoms with Gasteiger partial charge in [0.2, 0.25) is 0 Å². The van der Waals surface area contributed by atoms with Crippen LogP contribution in [0.1, 0.15) is 45.4 Å². The summed E-state index contributed by atoms with van der Waals surface area (Å²) in [5.41, 5.74) is 0. The highest BCUT2D eigenvalue weighted by molar-refractivity contribution is 5.79. The fourth-order valence-corrected chi connectivity index (χ4v) is 3.79. The van der Waals surface area contributed by atoms with E-state index in [9.17, 15) is 0 Å². The molecule has 0 aromatic heterocycles. The predicted molar refractivity (Wildman–Crippen MR) is 110 cm³/mol. The van der Waals surface area contributed by atoms with Gasteiger partial charge < -0.3 is 25.2 Å².